The van der Waals surface area contributed by atoms with E-state index < -0.39 is 0 Å². The van der Waals surface area contributed by atoms with Crippen molar-refractivity contribution in [3.05, 3.63) is 36.2 Å². The first-order chi connectivity index (χ1) is 12.7. The van der Waals surface area contributed by atoms with Crippen molar-refractivity contribution >= 4 is 22.5 Å². The first-order valence-corrected chi connectivity index (χ1v) is 8.77. The first kappa shape index (κ1) is 15.2. The van der Waals surface area contributed by atoms with Gasteiger partial charge >= 0.3 is 0 Å². The third kappa shape index (κ3) is 2.31. The van der Waals surface area contributed by atoms with Crippen LogP contribution in [0.4, 0.5) is 5.82 Å². The quantitative estimate of drug-likeness (QED) is 0.541. The first-order valence-electron chi connectivity index (χ1n) is 8.77. The SMILES string of the molecule is Cc1ccc2nnc(C3CCN(c4ncnc5c4cnn5C)CC3)n2n1. The van der Waals surface area contributed by atoms with E-state index in [1.54, 1.807) is 11.0 Å². The summed E-state index contributed by atoms with van der Waals surface area (Å²) < 4.78 is 3.67. The predicted octanol–water partition coefficient (Wildman–Crippen LogP) is 1.49. The van der Waals surface area contributed by atoms with Crippen LogP contribution in [0, 0.1) is 6.92 Å². The van der Waals surface area contributed by atoms with E-state index in [-0.39, 0.29) is 0 Å². The summed E-state index contributed by atoms with van der Waals surface area (Å²) in [6.45, 7) is 3.80. The highest BCUT2D eigenvalue weighted by atomic mass is 15.4. The van der Waals surface area contributed by atoms with Gasteiger partial charge in [-0.05, 0) is 31.9 Å². The van der Waals surface area contributed by atoms with Crippen LogP contribution in [0.5, 0.6) is 0 Å². The van der Waals surface area contributed by atoms with Gasteiger partial charge in [0.25, 0.3) is 0 Å². The molecular formula is C17H19N9. The predicted molar refractivity (Wildman–Crippen MR) is 96.0 cm³/mol. The van der Waals surface area contributed by atoms with E-state index in [2.05, 4.69) is 35.3 Å². The molecule has 0 unspecified atom stereocenters. The molecule has 9 heteroatoms. The Hall–Kier alpha value is -3.10. The molecule has 132 valence electrons. The number of rotatable bonds is 2. The topological polar surface area (TPSA) is 89.9 Å². The third-order valence-corrected chi connectivity index (χ3v) is 5.09. The second-order valence-electron chi connectivity index (χ2n) is 6.77. The maximum absolute atomic E-state index is 4.58. The number of aromatic nitrogens is 8. The minimum atomic E-state index is 0.349. The van der Waals surface area contributed by atoms with E-state index in [0.29, 0.717) is 5.92 Å². The fourth-order valence-corrected chi connectivity index (χ4v) is 3.70. The normalized spacial score (nSPS) is 16.0. The Labute approximate surface area is 149 Å². The van der Waals surface area contributed by atoms with Gasteiger partial charge in [-0.2, -0.15) is 14.7 Å². The minimum Gasteiger partial charge on any atom is -0.356 e. The van der Waals surface area contributed by atoms with Gasteiger partial charge in [-0.1, -0.05) is 0 Å². The summed E-state index contributed by atoms with van der Waals surface area (Å²) in [6, 6.07) is 3.93. The number of nitrogens with zero attached hydrogens (tertiary/aromatic N) is 9. The standard InChI is InChI=1S/C17H19N9/c1-11-3-4-14-21-22-15(26(14)23-11)12-5-7-25(8-6-12)17-13-9-20-24(2)16(13)18-10-19-17/h3-4,9-10,12H,5-8H2,1-2H3. The molecule has 9 nitrogen and oxygen atoms in total. The van der Waals surface area contributed by atoms with Gasteiger partial charge < -0.3 is 4.90 Å². The van der Waals surface area contributed by atoms with E-state index in [9.17, 15) is 0 Å². The lowest BCUT2D eigenvalue weighted by molar-refractivity contribution is 0.475. The molecule has 0 aromatic carbocycles. The van der Waals surface area contributed by atoms with Gasteiger partial charge in [0.05, 0.1) is 17.3 Å². The molecule has 0 amide bonds. The van der Waals surface area contributed by atoms with Crippen LogP contribution in [0.15, 0.2) is 24.7 Å². The number of hydrogen-bond acceptors (Lipinski definition) is 7. The van der Waals surface area contributed by atoms with Crippen LogP contribution in [0.25, 0.3) is 16.7 Å². The zero-order chi connectivity index (χ0) is 17.7. The van der Waals surface area contributed by atoms with Crippen molar-refractivity contribution in [2.75, 3.05) is 18.0 Å². The van der Waals surface area contributed by atoms with Gasteiger partial charge in [0.1, 0.15) is 12.1 Å². The van der Waals surface area contributed by atoms with Crippen molar-refractivity contribution in [1.82, 2.24) is 39.6 Å². The Morgan fingerprint density at radius 2 is 1.92 bits per heavy atom. The zero-order valence-corrected chi connectivity index (χ0v) is 14.7. The summed E-state index contributed by atoms with van der Waals surface area (Å²) in [5.74, 6) is 2.26. The van der Waals surface area contributed by atoms with Gasteiger partial charge in [-0.3, -0.25) is 4.68 Å². The smallest absolute Gasteiger partial charge is 0.177 e. The Morgan fingerprint density at radius 1 is 1.08 bits per heavy atom. The molecule has 1 saturated heterocycles. The van der Waals surface area contributed by atoms with Gasteiger partial charge in [0, 0.05) is 26.1 Å². The molecule has 0 aliphatic carbocycles. The van der Waals surface area contributed by atoms with Crippen molar-refractivity contribution in [3.8, 4) is 0 Å². The summed E-state index contributed by atoms with van der Waals surface area (Å²) in [4.78, 5) is 11.1. The summed E-state index contributed by atoms with van der Waals surface area (Å²) in [7, 11) is 1.90. The van der Waals surface area contributed by atoms with Crippen LogP contribution in [-0.2, 0) is 7.05 Å². The molecule has 0 N–H and O–H groups in total. The average Bonchev–Trinajstić information content (AvgIpc) is 3.25. The van der Waals surface area contributed by atoms with Crippen LogP contribution in [0.2, 0.25) is 0 Å². The summed E-state index contributed by atoms with van der Waals surface area (Å²) in [5, 5.41) is 18.5. The number of piperidine rings is 1. The Bertz CT molecular complexity index is 1090. The molecule has 0 saturated carbocycles. The Balaban J connectivity index is 1.41. The van der Waals surface area contributed by atoms with Crippen LogP contribution in [-0.4, -0.2) is 52.6 Å². The summed E-state index contributed by atoms with van der Waals surface area (Å²) in [5.41, 5.74) is 2.64. The highest BCUT2D eigenvalue weighted by molar-refractivity contribution is 5.86. The van der Waals surface area contributed by atoms with Crippen LogP contribution in [0.1, 0.15) is 30.3 Å². The Kier molecular flexibility index (Phi) is 3.34. The van der Waals surface area contributed by atoms with Crippen molar-refractivity contribution in [2.24, 2.45) is 7.05 Å². The maximum atomic E-state index is 4.58. The molecule has 0 spiro atoms. The highest BCUT2D eigenvalue weighted by Crippen LogP contribution is 2.31. The average molecular weight is 349 g/mol. The molecule has 0 radical (unpaired) electrons. The van der Waals surface area contributed by atoms with E-state index >= 15 is 0 Å². The number of hydrogen-bond donors (Lipinski definition) is 0. The van der Waals surface area contributed by atoms with Crippen LogP contribution in [0.3, 0.4) is 0 Å². The van der Waals surface area contributed by atoms with Crippen LogP contribution < -0.4 is 4.90 Å². The number of aryl methyl sites for hydroxylation is 2. The third-order valence-electron chi connectivity index (χ3n) is 5.09. The molecule has 1 fully saturated rings. The molecule has 0 bridgehead atoms. The second kappa shape index (κ2) is 5.72. The molecule has 4 aromatic heterocycles. The van der Waals surface area contributed by atoms with E-state index in [1.165, 1.54) is 0 Å². The lowest BCUT2D eigenvalue weighted by Gasteiger charge is -2.32. The molecule has 5 heterocycles. The zero-order valence-electron chi connectivity index (χ0n) is 14.7. The summed E-state index contributed by atoms with van der Waals surface area (Å²) in [6.07, 6.45) is 5.43. The fourth-order valence-electron chi connectivity index (χ4n) is 3.70. The molecular weight excluding hydrogens is 330 g/mol. The Morgan fingerprint density at radius 3 is 2.77 bits per heavy atom. The minimum absolute atomic E-state index is 0.349. The number of fused-ring (bicyclic) bond motifs is 2. The van der Waals surface area contributed by atoms with E-state index in [4.69, 9.17) is 0 Å². The lowest BCUT2D eigenvalue weighted by Crippen LogP contribution is -2.34. The van der Waals surface area contributed by atoms with Crippen LogP contribution >= 0.6 is 0 Å². The van der Waals surface area contributed by atoms with Crippen molar-refractivity contribution in [1.29, 1.82) is 0 Å². The molecule has 26 heavy (non-hydrogen) atoms. The van der Waals surface area contributed by atoms with Crippen molar-refractivity contribution in [2.45, 2.75) is 25.7 Å². The molecule has 1 aliphatic rings. The van der Waals surface area contributed by atoms with Gasteiger partial charge in [-0.15, -0.1) is 10.2 Å². The fraction of sp³-hybridized carbons (Fsp3) is 0.412. The number of anilines is 1. The highest BCUT2D eigenvalue weighted by Gasteiger charge is 2.27. The van der Waals surface area contributed by atoms with Gasteiger partial charge in [0.15, 0.2) is 17.1 Å². The van der Waals surface area contributed by atoms with Gasteiger partial charge in [0.2, 0.25) is 0 Å². The molecule has 0 atom stereocenters. The largest absolute Gasteiger partial charge is 0.356 e. The molecule has 4 aromatic rings. The maximum Gasteiger partial charge on any atom is 0.177 e. The van der Waals surface area contributed by atoms with Gasteiger partial charge in [-0.25, -0.2) is 9.97 Å². The van der Waals surface area contributed by atoms with Crippen molar-refractivity contribution < 1.29 is 0 Å². The van der Waals surface area contributed by atoms with Crippen molar-refractivity contribution in [3.63, 3.8) is 0 Å². The molecule has 5 rings (SSSR count). The lowest BCUT2D eigenvalue weighted by atomic mass is 9.96. The van der Waals surface area contributed by atoms with E-state index in [0.717, 1.165) is 59.9 Å². The monoisotopic (exact) mass is 349 g/mol. The second-order valence-corrected chi connectivity index (χ2v) is 6.77. The molecule has 1 aliphatic heterocycles. The van der Waals surface area contributed by atoms with E-state index in [1.807, 2.05) is 36.8 Å². The summed E-state index contributed by atoms with van der Waals surface area (Å²) >= 11 is 0.